The maximum absolute atomic E-state index is 13.4. The molecule has 1 saturated heterocycles. The SMILES string of the molecule is CN1C(=S)N(C2CCCCC2)C(=O)/C1=C/c1cn(Cc2ccc(Cl)cc2Cl)c2ccccc12. The van der Waals surface area contributed by atoms with Gasteiger partial charge in [-0.05, 0) is 54.9 Å². The van der Waals surface area contributed by atoms with Crippen LogP contribution in [-0.4, -0.2) is 38.5 Å². The van der Waals surface area contributed by atoms with Crippen LogP contribution in [0.4, 0.5) is 0 Å². The van der Waals surface area contributed by atoms with Crippen molar-refractivity contribution in [2.24, 2.45) is 0 Å². The summed E-state index contributed by atoms with van der Waals surface area (Å²) in [4.78, 5) is 17.1. The van der Waals surface area contributed by atoms with Gasteiger partial charge in [0.05, 0.1) is 0 Å². The number of halogens is 2. The summed E-state index contributed by atoms with van der Waals surface area (Å²) >= 11 is 18.2. The van der Waals surface area contributed by atoms with Gasteiger partial charge in [0.15, 0.2) is 5.11 Å². The average Bonchev–Trinajstić information content (AvgIpc) is 3.26. The Bertz CT molecular complexity index is 1280. The Morgan fingerprint density at radius 1 is 1.09 bits per heavy atom. The highest BCUT2D eigenvalue weighted by molar-refractivity contribution is 7.80. The van der Waals surface area contributed by atoms with E-state index in [0.29, 0.717) is 27.4 Å². The first-order valence-electron chi connectivity index (χ1n) is 11.3. The van der Waals surface area contributed by atoms with Crippen LogP contribution in [0.15, 0.2) is 54.4 Å². The summed E-state index contributed by atoms with van der Waals surface area (Å²) in [6.07, 6.45) is 9.64. The Hall–Kier alpha value is -2.34. The number of carbonyl (C=O) groups excluding carboxylic acids is 1. The summed E-state index contributed by atoms with van der Waals surface area (Å²) in [6.45, 7) is 0.607. The van der Waals surface area contributed by atoms with Crippen LogP contribution in [0.2, 0.25) is 10.0 Å². The molecule has 0 bridgehead atoms. The van der Waals surface area contributed by atoms with Gasteiger partial charge in [-0.2, -0.15) is 0 Å². The van der Waals surface area contributed by atoms with E-state index in [9.17, 15) is 4.79 Å². The van der Waals surface area contributed by atoms with Crippen LogP contribution in [0, 0.1) is 0 Å². The van der Waals surface area contributed by atoms with Crippen molar-refractivity contribution in [1.82, 2.24) is 14.4 Å². The molecule has 5 rings (SSSR count). The molecule has 3 aromatic rings. The monoisotopic (exact) mass is 497 g/mol. The molecule has 1 amide bonds. The Morgan fingerprint density at radius 3 is 2.61 bits per heavy atom. The molecule has 2 aliphatic rings. The topological polar surface area (TPSA) is 28.5 Å². The Labute approximate surface area is 209 Å². The number of amides is 1. The lowest BCUT2D eigenvalue weighted by molar-refractivity contribution is -0.124. The number of carbonyl (C=O) groups is 1. The second kappa shape index (κ2) is 9.13. The molecule has 2 heterocycles. The normalized spacial score (nSPS) is 18.8. The number of benzene rings is 2. The highest BCUT2D eigenvalue weighted by Crippen LogP contribution is 2.33. The van der Waals surface area contributed by atoms with Crippen LogP contribution in [0.5, 0.6) is 0 Å². The molecule has 1 aliphatic heterocycles. The first kappa shape index (κ1) is 22.5. The average molecular weight is 498 g/mol. The molecule has 1 saturated carbocycles. The minimum absolute atomic E-state index is 0.00646. The highest BCUT2D eigenvalue weighted by atomic mass is 35.5. The summed E-state index contributed by atoms with van der Waals surface area (Å²) in [6, 6.07) is 14.0. The van der Waals surface area contributed by atoms with Gasteiger partial charge in [-0.25, -0.2) is 0 Å². The number of nitrogens with zero attached hydrogens (tertiary/aromatic N) is 3. The first-order chi connectivity index (χ1) is 15.9. The van der Waals surface area contributed by atoms with Gasteiger partial charge >= 0.3 is 0 Å². The van der Waals surface area contributed by atoms with Gasteiger partial charge in [0.1, 0.15) is 5.70 Å². The maximum Gasteiger partial charge on any atom is 0.277 e. The lowest BCUT2D eigenvalue weighted by atomic mass is 9.94. The predicted molar refractivity (Wildman–Crippen MR) is 140 cm³/mol. The second-order valence-electron chi connectivity index (χ2n) is 8.80. The van der Waals surface area contributed by atoms with Crippen molar-refractivity contribution < 1.29 is 4.79 Å². The van der Waals surface area contributed by atoms with Crippen molar-refractivity contribution in [3.05, 3.63) is 75.5 Å². The first-order valence-corrected chi connectivity index (χ1v) is 12.4. The van der Waals surface area contributed by atoms with Gasteiger partial charge in [-0.3, -0.25) is 9.69 Å². The van der Waals surface area contributed by atoms with Gasteiger partial charge in [0.2, 0.25) is 0 Å². The molecule has 1 aromatic heterocycles. The number of para-hydroxylation sites is 1. The fourth-order valence-corrected chi connectivity index (χ4v) is 5.74. The Balaban J connectivity index is 1.52. The van der Waals surface area contributed by atoms with Crippen LogP contribution in [-0.2, 0) is 11.3 Å². The van der Waals surface area contributed by atoms with E-state index in [1.807, 2.05) is 47.2 Å². The standard InChI is InChI=1S/C26H25Cl2N3OS/c1-29-24(25(32)31(26(29)33)20-7-3-2-4-8-20)13-18-16-30(23-10-6-5-9-21(18)23)15-17-11-12-19(27)14-22(17)28/h5-6,9-14,16,20H,2-4,7-8,15H2,1H3/b24-13-. The third-order valence-corrected chi connectivity index (χ3v) is 7.76. The van der Waals surface area contributed by atoms with Crippen LogP contribution in [0.1, 0.15) is 43.2 Å². The summed E-state index contributed by atoms with van der Waals surface area (Å²) in [5, 5.41) is 2.94. The summed E-state index contributed by atoms with van der Waals surface area (Å²) < 4.78 is 2.16. The molecule has 0 N–H and O–H groups in total. The quantitative estimate of drug-likeness (QED) is 0.295. The van der Waals surface area contributed by atoms with Crippen molar-refractivity contribution in [2.45, 2.75) is 44.7 Å². The Kier molecular flexibility index (Phi) is 6.21. The van der Waals surface area contributed by atoms with Crippen LogP contribution >= 0.6 is 35.4 Å². The number of fused-ring (bicyclic) bond motifs is 1. The molecule has 0 unspecified atom stereocenters. The zero-order chi connectivity index (χ0) is 23.1. The fraction of sp³-hybridized carbons (Fsp3) is 0.308. The van der Waals surface area contributed by atoms with Crippen LogP contribution in [0.25, 0.3) is 17.0 Å². The van der Waals surface area contributed by atoms with Gasteiger partial charge in [0.25, 0.3) is 5.91 Å². The molecule has 170 valence electrons. The van der Waals surface area contributed by atoms with Crippen LogP contribution in [0.3, 0.4) is 0 Å². The molecule has 7 heteroatoms. The summed E-state index contributed by atoms with van der Waals surface area (Å²) in [5.41, 5.74) is 3.67. The number of hydrogen-bond donors (Lipinski definition) is 0. The van der Waals surface area contributed by atoms with E-state index in [4.69, 9.17) is 35.4 Å². The smallest absolute Gasteiger partial charge is 0.277 e. The van der Waals surface area contributed by atoms with Crippen molar-refractivity contribution in [3.63, 3.8) is 0 Å². The maximum atomic E-state index is 13.4. The zero-order valence-electron chi connectivity index (χ0n) is 18.4. The lowest BCUT2D eigenvalue weighted by Gasteiger charge is -2.30. The molecule has 0 spiro atoms. The molecule has 0 atom stereocenters. The third-order valence-electron chi connectivity index (χ3n) is 6.70. The summed E-state index contributed by atoms with van der Waals surface area (Å²) in [5.74, 6) is 0.00646. The van der Waals surface area contributed by atoms with E-state index < -0.39 is 0 Å². The van der Waals surface area contributed by atoms with Crippen molar-refractivity contribution >= 4 is 63.4 Å². The van der Waals surface area contributed by atoms with Gasteiger partial charge in [0, 0.05) is 52.3 Å². The molecule has 1 aliphatic carbocycles. The van der Waals surface area contributed by atoms with E-state index in [2.05, 4.69) is 22.9 Å². The molecule has 2 aromatic carbocycles. The van der Waals surface area contributed by atoms with E-state index >= 15 is 0 Å². The van der Waals surface area contributed by atoms with E-state index in [1.54, 1.807) is 6.07 Å². The molecule has 2 fully saturated rings. The molecular formula is C26H25Cl2N3OS. The second-order valence-corrected chi connectivity index (χ2v) is 10.0. The largest absolute Gasteiger partial charge is 0.342 e. The molecule has 33 heavy (non-hydrogen) atoms. The highest BCUT2D eigenvalue weighted by Gasteiger charge is 2.40. The van der Waals surface area contributed by atoms with Crippen molar-refractivity contribution in [1.29, 1.82) is 0 Å². The van der Waals surface area contributed by atoms with Gasteiger partial charge in [-0.1, -0.05) is 66.7 Å². The molecule has 4 nitrogen and oxygen atoms in total. The fourth-order valence-electron chi connectivity index (χ4n) is 4.94. The van der Waals surface area contributed by atoms with Gasteiger partial charge in [-0.15, -0.1) is 0 Å². The summed E-state index contributed by atoms with van der Waals surface area (Å²) in [7, 11) is 1.89. The van der Waals surface area contributed by atoms with Crippen molar-refractivity contribution in [3.8, 4) is 0 Å². The van der Waals surface area contributed by atoms with E-state index in [-0.39, 0.29) is 11.9 Å². The molecule has 0 radical (unpaired) electrons. The number of thiocarbonyl (C=S) groups is 1. The number of rotatable bonds is 4. The van der Waals surface area contributed by atoms with E-state index in [0.717, 1.165) is 47.7 Å². The van der Waals surface area contributed by atoms with E-state index in [1.165, 1.54) is 6.42 Å². The minimum Gasteiger partial charge on any atom is -0.342 e. The Morgan fingerprint density at radius 2 is 1.85 bits per heavy atom. The number of likely N-dealkylation sites (N-methyl/N-ethyl adjacent to an activating group) is 1. The number of aromatic nitrogens is 1. The lowest BCUT2D eigenvalue weighted by Crippen LogP contribution is -2.41. The number of hydrogen-bond acceptors (Lipinski definition) is 2. The minimum atomic E-state index is 0.00646. The van der Waals surface area contributed by atoms with Crippen molar-refractivity contribution in [2.75, 3.05) is 7.05 Å². The van der Waals surface area contributed by atoms with Crippen LogP contribution < -0.4 is 0 Å². The molecular weight excluding hydrogens is 473 g/mol. The zero-order valence-corrected chi connectivity index (χ0v) is 20.8. The van der Waals surface area contributed by atoms with Gasteiger partial charge < -0.3 is 9.47 Å². The predicted octanol–water partition coefficient (Wildman–Crippen LogP) is 6.73. The third kappa shape index (κ3) is 4.18.